The lowest BCUT2D eigenvalue weighted by Gasteiger charge is -2.29. The highest BCUT2D eigenvalue weighted by atomic mass is 79.9. The molecule has 1 fully saturated rings. The van der Waals surface area contributed by atoms with Crippen molar-refractivity contribution in [1.82, 2.24) is 4.90 Å². The van der Waals surface area contributed by atoms with E-state index >= 15 is 0 Å². The molecule has 1 amide bonds. The smallest absolute Gasteiger partial charge is 0.254 e. The predicted molar refractivity (Wildman–Crippen MR) is 69.9 cm³/mol. The van der Waals surface area contributed by atoms with Crippen molar-refractivity contribution < 1.29 is 4.79 Å². The maximum atomic E-state index is 12.0. The number of likely N-dealkylation sites (tertiary alicyclic amines) is 1. The third kappa shape index (κ3) is 2.82. The molecule has 0 atom stereocenters. The maximum absolute atomic E-state index is 12.0. The van der Waals surface area contributed by atoms with E-state index in [1.165, 1.54) is 0 Å². The third-order valence-corrected chi connectivity index (χ3v) is 4.95. The largest absolute Gasteiger partial charge is 0.339 e. The minimum absolute atomic E-state index is 0.163. The topological polar surface area (TPSA) is 20.3 Å². The Balaban J connectivity index is 2.02. The van der Waals surface area contributed by atoms with Gasteiger partial charge in [0, 0.05) is 23.3 Å². The molecule has 82 valence electrons. The Hall–Kier alpha value is 0.130. The van der Waals surface area contributed by atoms with E-state index in [0.717, 1.165) is 35.3 Å². The molecule has 0 aromatic carbocycles. The predicted octanol–water partition coefficient (Wildman–Crippen LogP) is 3.51. The highest BCUT2D eigenvalue weighted by molar-refractivity contribution is 9.11. The first kappa shape index (κ1) is 11.6. The van der Waals surface area contributed by atoms with Gasteiger partial charge in [-0.15, -0.1) is 11.3 Å². The van der Waals surface area contributed by atoms with Gasteiger partial charge in [0.15, 0.2) is 0 Å². The van der Waals surface area contributed by atoms with Gasteiger partial charge >= 0.3 is 0 Å². The first-order valence-corrected chi connectivity index (χ1v) is 7.43. The number of carbonyl (C=O) groups excluding carboxylic acids is 1. The summed E-state index contributed by atoms with van der Waals surface area (Å²) >= 11 is 8.51. The number of nitrogens with zero attached hydrogens (tertiary/aromatic N) is 1. The average molecular weight is 353 g/mol. The fraction of sp³-hybridized carbons (Fsp3) is 0.500. The van der Waals surface area contributed by atoms with Crippen LogP contribution in [0, 0.1) is 0 Å². The van der Waals surface area contributed by atoms with Crippen molar-refractivity contribution in [2.75, 3.05) is 13.1 Å². The van der Waals surface area contributed by atoms with Crippen molar-refractivity contribution in [2.24, 2.45) is 0 Å². The summed E-state index contributed by atoms with van der Waals surface area (Å²) in [7, 11) is 0. The van der Waals surface area contributed by atoms with E-state index in [4.69, 9.17) is 0 Å². The summed E-state index contributed by atoms with van der Waals surface area (Å²) in [6, 6.07) is 1.90. The van der Waals surface area contributed by atoms with Gasteiger partial charge in [-0.2, -0.15) is 0 Å². The number of piperidine rings is 1. The molecule has 0 spiro atoms. The van der Waals surface area contributed by atoms with Crippen LogP contribution in [0.25, 0.3) is 0 Å². The number of thiophene rings is 1. The van der Waals surface area contributed by atoms with Crippen LogP contribution in [0.5, 0.6) is 0 Å². The van der Waals surface area contributed by atoms with Crippen molar-refractivity contribution in [1.29, 1.82) is 0 Å². The Morgan fingerprint density at radius 1 is 1.47 bits per heavy atom. The molecule has 1 aromatic rings. The summed E-state index contributed by atoms with van der Waals surface area (Å²) in [4.78, 5) is 14.5. The lowest BCUT2D eigenvalue weighted by atomic mass is 10.1. The highest BCUT2D eigenvalue weighted by Crippen LogP contribution is 2.24. The molecule has 0 unspecified atom stereocenters. The summed E-state index contributed by atoms with van der Waals surface area (Å²) in [6.07, 6.45) is 2.11. The van der Waals surface area contributed by atoms with E-state index in [0.29, 0.717) is 4.83 Å². The van der Waals surface area contributed by atoms with Crippen LogP contribution in [-0.4, -0.2) is 28.7 Å². The Morgan fingerprint density at radius 2 is 2.13 bits per heavy atom. The Bertz CT molecular complexity index is 358. The molecular formula is C10H11Br2NOS. The molecule has 15 heavy (non-hydrogen) atoms. The van der Waals surface area contributed by atoms with Gasteiger partial charge < -0.3 is 4.90 Å². The number of carbonyl (C=O) groups is 1. The maximum Gasteiger partial charge on any atom is 0.254 e. The summed E-state index contributed by atoms with van der Waals surface area (Å²) < 4.78 is 1.02. The number of halogens is 2. The van der Waals surface area contributed by atoms with Crippen molar-refractivity contribution in [3.63, 3.8) is 0 Å². The van der Waals surface area contributed by atoms with E-state index in [2.05, 4.69) is 31.9 Å². The summed E-state index contributed by atoms with van der Waals surface area (Å²) in [5.41, 5.74) is 0.805. The molecule has 0 radical (unpaired) electrons. The summed E-state index contributed by atoms with van der Waals surface area (Å²) in [5.74, 6) is 0.163. The van der Waals surface area contributed by atoms with Gasteiger partial charge in [0.25, 0.3) is 5.91 Å². The van der Waals surface area contributed by atoms with E-state index in [1.807, 2.05) is 16.3 Å². The fourth-order valence-corrected chi connectivity index (χ4v) is 3.20. The van der Waals surface area contributed by atoms with Gasteiger partial charge in [-0.3, -0.25) is 4.79 Å². The Morgan fingerprint density at radius 3 is 2.67 bits per heavy atom. The second kappa shape index (κ2) is 4.97. The molecular weight excluding hydrogens is 342 g/mol. The van der Waals surface area contributed by atoms with Crippen LogP contribution in [0.4, 0.5) is 0 Å². The molecule has 1 aromatic heterocycles. The standard InChI is InChI=1S/C10H11Br2NOS/c11-8-1-3-13(4-2-8)10(14)7-5-9(12)15-6-7/h5-6,8H,1-4H2. The summed E-state index contributed by atoms with van der Waals surface area (Å²) in [5, 5.41) is 1.91. The van der Waals surface area contributed by atoms with E-state index < -0.39 is 0 Å². The molecule has 2 rings (SSSR count). The van der Waals surface area contributed by atoms with Gasteiger partial charge in [-0.25, -0.2) is 0 Å². The quantitative estimate of drug-likeness (QED) is 0.708. The normalized spacial score (nSPS) is 18.1. The zero-order chi connectivity index (χ0) is 10.8. The molecule has 5 heteroatoms. The number of amides is 1. The van der Waals surface area contributed by atoms with Gasteiger partial charge in [0.1, 0.15) is 0 Å². The van der Waals surface area contributed by atoms with Gasteiger partial charge in [0.05, 0.1) is 9.35 Å². The Labute approximate surface area is 110 Å². The highest BCUT2D eigenvalue weighted by Gasteiger charge is 2.22. The second-order valence-corrected chi connectivity index (χ2v) is 7.19. The molecule has 0 N–H and O–H groups in total. The summed E-state index contributed by atoms with van der Waals surface area (Å²) in [6.45, 7) is 1.73. The number of hydrogen-bond acceptors (Lipinski definition) is 2. The van der Waals surface area contributed by atoms with Crippen molar-refractivity contribution in [2.45, 2.75) is 17.7 Å². The van der Waals surface area contributed by atoms with Crippen LogP contribution in [0.15, 0.2) is 15.2 Å². The van der Waals surface area contributed by atoms with Crippen LogP contribution < -0.4 is 0 Å². The van der Waals surface area contributed by atoms with Crippen LogP contribution in [0.2, 0.25) is 0 Å². The fourth-order valence-electron chi connectivity index (χ4n) is 1.66. The SMILES string of the molecule is O=C(c1csc(Br)c1)N1CCC(Br)CC1. The molecule has 1 saturated heterocycles. The molecule has 1 aliphatic rings. The molecule has 1 aliphatic heterocycles. The lowest BCUT2D eigenvalue weighted by molar-refractivity contribution is 0.0729. The minimum Gasteiger partial charge on any atom is -0.339 e. The minimum atomic E-state index is 0.163. The first-order chi connectivity index (χ1) is 7.16. The number of alkyl halides is 1. The van der Waals surface area contributed by atoms with E-state index in [1.54, 1.807) is 11.3 Å². The van der Waals surface area contributed by atoms with E-state index in [9.17, 15) is 4.79 Å². The third-order valence-electron chi connectivity index (χ3n) is 2.53. The lowest BCUT2D eigenvalue weighted by Crippen LogP contribution is -2.38. The van der Waals surface area contributed by atoms with Gasteiger partial charge in [-0.05, 0) is 34.8 Å². The van der Waals surface area contributed by atoms with Crippen LogP contribution in [0.3, 0.4) is 0 Å². The van der Waals surface area contributed by atoms with Gasteiger partial charge in [-0.1, -0.05) is 15.9 Å². The zero-order valence-electron chi connectivity index (χ0n) is 8.08. The van der Waals surface area contributed by atoms with Gasteiger partial charge in [0.2, 0.25) is 0 Å². The van der Waals surface area contributed by atoms with Crippen molar-refractivity contribution in [3.8, 4) is 0 Å². The molecule has 0 bridgehead atoms. The molecule has 2 heterocycles. The monoisotopic (exact) mass is 351 g/mol. The van der Waals surface area contributed by atoms with Crippen molar-refractivity contribution in [3.05, 3.63) is 20.8 Å². The number of rotatable bonds is 1. The first-order valence-electron chi connectivity index (χ1n) is 4.84. The number of hydrogen-bond donors (Lipinski definition) is 0. The van der Waals surface area contributed by atoms with E-state index in [-0.39, 0.29) is 5.91 Å². The molecule has 2 nitrogen and oxygen atoms in total. The van der Waals surface area contributed by atoms with Crippen LogP contribution in [0.1, 0.15) is 23.2 Å². The van der Waals surface area contributed by atoms with Crippen LogP contribution >= 0.6 is 43.2 Å². The molecule has 0 aliphatic carbocycles. The van der Waals surface area contributed by atoms with Crippen molar-refractivity contribution >= 4 is 49.1 Å². The average Bonchev–Trinajstić information content (AvgIpc) is 2.65. The Kier molecular flexibility index (Phi) is 3.85. The molecule has 0 saturated carbocycles. The van der Waals surface area contributed by atoms with Crippen LogP contribution in [-0.2, 0) is 0 Å². The zero-order valence-corrected chi connectivity index (χ0v) is 12.1. The second-order valence-electron chi connectivity index (χ2n) is 3.61.